The smallest absolute Gasteiger partial charge is 0.0563 e. The van der Waals surface area contributed by atoms with Crippen molar-refractivity contribution in [1.82, 2.24) is 0 Å². The molecule has 0 aromatic heterocycles. The second kappa shape index (κ2) is 5.92. The molecular formula is C15H22OS. The highest BCUT2D eigenvalue weighted by atomic mass is 32.2. The lowest BCUT2D eigenvalue weighted by molar-refractivity contribution is 0.113. The third-order valence-electron chi connectivity index (χ3n) is 3.51. The third-order valence-corrected chi connectivity index (χ3v) is 4.90. The molecule has 0 aliphatic carbocycles. The van der Waals surface area contributed by atoms with Gasteiger partial charge >= 0.3 is 0 Å². The van der Waals surface area contributed by atoms with Crippen LogP contribution in [0.4, 0.5) is 0 Å². The molecule has 1 aliphatic rings. The van der Waals surface area contributed by atoms with Crippen LogP contribution in [0, 0.1) is 5.92 Å². The van der Waals surface area contributed by atoms with Crippen LogP contribution in [0.15, 0.2) is 29.2 Å². The summed E-state index contributed by atoms with van der Waals surface area (Å²) in [5.41, 5.74) is 1.51. The minimum Gasteiger partial charge on any atom is -0.393 e. The molecule has 1 N–H and O–H groups in total. The lowest BCUT2D eigenvalue weighted by atomic mass is 9.99. The van der Waals surface area contributed by atoms with Crippen molar-refractivity contribution < 1.29 is 5.11 Å². The van der Waals surface area contributed by atoms with E-state index in [1.54, 1.807) is 0 Å². The van der Waals surface area contributed by atoms with Crippen LogP contribution in [-0.2, 0) is 6.42 Å². The van der Waals surface area contributed by atoms with Gasteiger partial charge in [-0.15, -0.1) is 11.8 Å². The molecule has 0 bridgehead atoms. The van der Waals surface area contributed by atoms with Crippen molar-refractivity contribution in [3.05, 3.63) is 29.8 Å². The third kappa shape index (κ3) is 3.49. The van der Waals surface area contributed by atoms with Crippen molar-refractivity contribution in [3.8, 4) is 0 Å². The fraction of sp³-hybridized carbons (Fsp3) is 0.600. The number of hydrogen-bond donors (Lipinski definition) is 1. The largest absolute Gasteiger partial charge is 0.393 e. The summed E-state index contributed by atoms with van der Waals surface area (Å²) in [6.07, 6.45) is 4.40. The number of aliphatic hydroxyl groups excluding tert-OH is 1. The average Bonchev–Trinajstić information content (AvgIpc) is 2.71. The lowest BCUT2D eigenvalue weighted by Gasteiger charge is -2.15. The van der Waals surface area contributed by atoms with E-state index < -0.39 is 0 Å². The molecule has 0 amide bonds. The molecule has 17 heavy (non-hydrogen) atoms. The molecule has 0 fully saturated rings. The van der Waals surface area contributed by atoms with E-state index in [2.05, 4.69) is 38.1 Å². The number of aliphatic hydroxyl groups is 1. The first-order chi connectivity index (χ1) is 8.16. The number of fused-ring (bicyclic) bond motifs is 1. The first-order valence-electron chi connectivity index (χ1n) is 6.59. The van der Waals surface area contributed by atoms with E-state index >= 15 is 0 Å². The van der Waals surface area contributed by atoms with E-state index in [1.807, 2.05) is 11.8 Å². The minimum atomic E-state index is -0.122. The summed E-state index contributed by atoms with van der Waals surface area (Å²) in [5, 5.41) is 10.5. The molecule has 1 heterocycles. The van der Waals surface area contributed by atoms with Crippen molar-refractivity contribution >= 4 is 11.8 Å². The number of benzene rings is 1. The predicted molar refractivity (Wildman–Crippen MR) is 74.5 cm³/mol. The summed E-state index contributed by atoms with van der Waals surface area (Å²) in [7, 11) is 0. The Kier molecular flexibility index (Phi) is 4.52. The fourth-order valence-electron chi connectivity index (χ4n) is 2.30. The van der Waals surface area contributed by atoms with Crippen LogP contribution in [0.3, 0.4) is 0 Å². The van der Waals surface area contributed by atoms with E-state index in [1.165, 1.54) is 23.3 Å². The Hall–Kier alpha value is -0.470. The van der Waals surface area contributed by atoms with Gasteiger partial charge < -0.3 is 5.11 Å². The van der Waals surface area contributed by atoms with Gasteiger partial charge in [0.1, 0.15) is 0 Å². The van der Waals surface area contributed by atoms with Gasteiger partial charge in [0.15, 0.2) is 0 Å². The molecule has 0 radical (unpaired) electrons. The van der Waals surface area contributed by atoms with Crippen LogP contribution in [0.2, 0.25) is 0 Å². The van der Waals surface area contributed by atoms with Gasteiger partial charge in [0, 0.05) is 10.1 Å². The van der Waals surface area contributed by atoms with Gasteiger partial charge in [-0.2, -0.15) is 0 Å². The molecule has 1 aromatic rings. The van der Waals surface area contributed by atoms with Gasteiger partial charge in [0.25, 0.3) is 0 Å². The normalized spacial score (nSPS) is 20.6. The first-order valence-corrected chi connectivity index (χ1v) is 7.47. The molecule has 94 valence electrons. The average molecular weight is 250 g/mol. The highest BCUT2D eigenvalue weighted by Gasteiger charge is 2.21. The predicted octanol–water partition coefficient (Wildman–Crippen LogP) is 3.89. The Morgan fingerprint density at radius 3 is 2.82 bits per heavy atom. The molecule has 1 aromatic carbocycles. The molecule has 0 saturated carbocycles. The number of thioether (sulfide) groups is 1. The summed E-state index contributed by atoms with van der Waals surface area (Å²) in [4.78, 5) is 1.46. The Morgan fingerprint density at radius 1 is 1.35 bits per heavy atom. The van der Waals surface area contributed by atoms with Gasteiger partial charge in [-0.05, 0) is 43.2 Å². The molecule has 2 heteroatoms. The zero-order valence-corrected chi connectivity index (χ0v) is 11.5. The quantitative estimate of drug-likeness (QED) is 0.855. The highest BCUT2D eigenvalue weighted by Crippen LogP contribution is 2.39. The number of hydrogen-bond acceptors (Lipinski definition) is 2. The molecular weight excluding hydrogens is 228 g/mol. The topological polar surface area (TPSA) is 20.2 Å². The molecule has 0 spiro atoms. The van der Waals surface area contributed by atoms with Gasteiger partial charge in [-0.1, -0.05) is 32.0 Å². The first kappa shape index (κ1) is 13.0. The van der Waals surface area contributed by atoms with E-state index in [0.717, 1.165) is 18.1 Å². The molecule has 2 unspecified atom stereocenters. The summed E-state index contributed by atoms with van der Waals surface area (Å²) >= 11 is 2.01. The monoisotopic (exact) mass is 250 g/mol. The van der Waals surface area contributed by atoms with Crippen LogP contribution in [0.1, 0.15) is 38.7 Å². The van der Waals surface area contributed by atoms with E-state index in [9.17, 15) is 5.11 Å². The maximum atomic E-state index is 9.77. The van der Waals surface area contributed by atoms with Crippen LogP contribution < -0.4 is 0 Å². The second-order valence-electron chi connectivity index (χ2n) is 5.29. The molecule has 1 aliphatic heterocycles. The Balaban J connectivity index is 1.73. The fourth-order valence-corrected chi connectivity index (χ4v) is 3.67. The highest BCUT2D eigenvalue weighted by molar-refractivity contribution is 8.00. The zero-order chi connectivity index (χ0) is 12.3. The summed E-state index contributed by atoms with van der Waals surface area (Å²) in [5.74, 6) is 0.392. The zero-order valence-electron chi connectivity index (χ0n) is 10.7. The summed E-state index contributed by atoms with van der Waals surface area (Å²) in [6.45, 7) is 4.18. The van der Waals surface area contributed by atoms with Gasteiger partial charge in [-0.3, -0.25) is 0 Å². The summed E-state index contributed by atoms with van der Waals surface area (Å²) < 4.78 is 0. The Labute approximate surface area is 109 Å². The van der Waals surface area contributed by atoms with Crippen LogP contribution in [0.25, 0.3) is 0 Å². The Morgan fingerprint density at radius 2 is 2.12 bits per heavy atom. The Bertz CT molecular complexity index is 337. The van der Waals surface area contributed by atoms with Crippen molar-refractivity contribution in [2.45, 2.75) is 55.8 Å². The van der Waals surface area contributed by atoms with Crippen molar-refractivity contribution in [1.29, 1.82) is 0 Å². The van der Waals surface area contributed by atoms with Crippen LogP contribution in [-0.4, -0.2) is 16.5 Å². The van der Waals surface area contributed by atoms with Gasteiger partial charge in [0.2, 0.25) is 0 Å². The lowest BCUT2D eigenvalue weighted by Crippen LogP contribution is -2.15. The van der Waals surface area contributed by atoms with Crippen molar-refractivity contribution in [2.24, 2.45) is 5.92 Å². The molecule has 0 saturated heterocycles. The number of rotatable bonds is 5. The minimum absolute atomic E-state index is 0.122. The van der Waals surface area contributed by atoms with Gasteiger partial charge in [-0.25, -0.2) is 0 Å². The van der Waals surface area contributed by atoms with E-state index in [4.69, 9.17) is 0 Å². The van der Waals surface area contributed by atoms with E-state index in [-0.39, 0.29) is 6.10 Å². The maximum Gasteiger partial charge on any atom is 0.0563 e. The molecule has 1 nitrogen and oxygen atoms in total. The van der Waals surface area contributed by atoms with Crippen LogP contribution in [0.5, 0.6) is 0 Å². The van der Waals surface area contributed by atoms with E-state index in [0.29, 0.717) is 5.92 Å². The SMILES string of the molecule is CC(C)C(O)CCCC1Cc2ccccc2S1. The van der Waals surface area contributed by atoms with Crippen molar-refractivity contribution in [3.63, 3.8) is 0 Å². The molecule has 2 atom stereocenters. The standard InChI is InChI=1S/C15H22OS/c1-11(2)14(16)8-5-7-13-10-12-6-3-4-9-15(12)17-13/h3-4,6,9,11,13-14,16H,5,7-8,10H2,1-2H3. The van der Waals surface area contributed by atoms with Crippen LogP contribution >= 0.6 is 11.8 Å². The maximum absolute atomic E-state index is 9.77. The molecule has 2 rings (SSSR count). The second-order valence-corrected chi connectivity index (χ2v) is 6.64. The van der Waals surface area contributed by atoms with Crippen molar-refractivity contribution in [2.75, 3.05) is 0 Å². The van der Waals surface area contributed by atoms with Gasteiger partial charge in [0.05, 0.1) is 6.10 Å². The summed E-state index contributed by atoms with van der Waals surface area (Å²) in [6, 6.07) is 8.72.